The van der Waals surface area contributed by atoms with Gasteiger partial charge in [0.05, 0.1) is 11.4 Å². The van der Waals surface area contributed by atoms with Crippen molar-refractivity contribution >= 4 is 23.2 Å². The molecule has 0 bridgehead atoms. The van der Waals surface area contributed by atoms with Crippen molar-refractivity contribution in [3.8, 4) is 16.9 Å². The molecule has 4 rings (SSSR count). The Morgan fingerprint density at radius 3 is 2.24 bits per heavy atom. The van der Waals surface area contributed by atoms with Gasteiger partial charge in [0.2, 0.25) is 0 Å². The van der Waals surface area contributed by atoms with E-state index in [1.807, 2.05) is 43.3 Å². The summed E-state index contributed by atoms with van der Waals surface area (Å²) in [5, 5.41) is 6.56. The Kier molecular flexibility index (Phi) is 5.06. The summed E-state index contributed by atoms with van der Waals surface area (Å²) >= 11 is 5.85. The average Bonchev–Trinajstić information content (AvgIpc) is 3.11. The number of benzene rings is 3. The number of aromatic nitrogens is 2. The van der Waals surface area contributed by atoms with Crippen molar-refractivity contribution in [2.45, 2.75) is 6.92 Å². The Bertz CT molecular complexity index is 1200. The van der Waals surface area contributed by atoms with E-state index in [0.717, 1.165) is 16.8 Å². The number of nitrogens with one attached hydrogen (secondary N) is 2. The largest absolute Gasteiger partial charge is 0.322 e. The van der Waals surface area contributed by atoms with Gasteiger partial charge in [-0.2, -0.15) is 0 Å². The summed E-state index contributed by atoms with van der Waals surface area (Å²) in [4.78, 5) is 24.7. The number of aryl methyl sites for hydroxylation is 1. The van der Waals surface area contributed by atoms with Crippen LogP contribution in [0.3, 0.4) is 0 Å². The predicted molar refractivity (Wildman–Crippen MR) is 116 cm³/mol. The molecule has 0 unspecified atom stereocenters. The smallest absolute Gasteiger partial charge is 0.271 e. The summed E-state index contributed by atoms with van der Waals surface area (Å²) in [6.07, 6.45) is 0. The van der Waals surface area contributed by atoms with Gasteiger partial charge in [0.1, 0.15) is 0 Å². The Labute approximate surface area is 172 Å². The van der Waals surface area contributed by atoms with Crippen LogP contribution >= 0.6 is 11.6 Å². The molecule has 0 aliphatic rings. The number of nitrogens with zero attached hydrogens (tertiary/aromatic N) is 1. The standard InChI is InChI=1S/C23H18ClN3O2/c1-15-2-12-20(13-3-15)27-22(28)14-21(26-27)16-6-10-19(11-7-16)25-23(29)17-4-8-18(24)9-5-17/h2-14,26H,1H3,(H,25,29). The third kappa shape index (κ3) is 4.15. The molecule has 29 heavy (non-hydrogen) atoms. The van der Waals surface area contributed by atoms with Gasteiger partial charge in [0.15, 0.2) is 0 Å². The molecule has 144 valence electrons. The average molecular weight is 404 g/mol. The second-order valence-electron chi connectivity index (χ2n) is 6.72. The van der Waals surface area contributed by atoms with Crippen molar-refractivity contribution in [3.05, 3.63) is 105 Å². The van der Waals surface area contributed by atoms with Crippen molar-refractivity contribution in [1.82, 2.24) is 9.78 Å². The number of anilines is 1. The summed E-state index contributed by atoms with van der Waals surface area (Å²) in [7, 11) is 0. The van der Waals surface area contributed by atoms with Gasteiger partial charge in [-0.3, -0.25) is 14.7 Å². The van der Waals surface area contributed by atoms with Crippen LogP contribution in [0, 0.1) is 6.92 Å². The monoisotopic (exact) mass is 403 g/mol. The number of carbonyl (C=O) groups is 1. The molecule has 1 amide bonds. The number of hydrogen-bond donors (Lipinski definition) is 2. The second-order valence-corrected chi connectivity index (χ2v) is 7.15. The van der Waals surface area contributed by atoms with Gasteiger partial charge in [-0.1, -0.05) is 41.4 Å². The van der Waals surface area contributed by atoms with Crippen molar-refractivity contribution in [2.24, 2.45) is 0 Å². The molecular formula is C23H18ClN3O2. The van der Waals surface area contributed by atoms with Crippen molar-refractivity contribution in [2.75, 3.05) is 5.32 Å². The molecule has 3 aromatic carbocycles. The first-order chi connectivity index (χ1) is 14.0. The number of hydrogen-bond acceptors (Lipinski definition) is 2. The van der Waals surface area contributed by atoms with E-state index in [9.17, 15) is 9.59 Å². The molecule has 5 nitrogen and oxygen atoms in total. The van der Waals surface area contributed by atoms with Gasteiger partial charge in [-0.25, -0.2) is 4.68 Å². The molecule has 0 aliphatic heterocycles. The van der Waals surface area contributed by atoms with Crippen LogP contribution in [0.1, 0.15) is 15.9 Å². The van der Waals surface area contributed by atoms with E-state index in [4.69, 9.17) is 11.6 Å². The molecule has 0 saturated carbocycles. The zero-order valence-electron chi connectivity index (χ0n) is 15.6. The first kappa shape index (κ1) is 18.8. The van der Waals surface area contributed by atoms with Crippen LogP contribution in [0.2, 0.25) is 5.02 Å². The Morgan fingerprint density at radius 2 is 1.59 bits per heavy atom. The topological polar surface area (TPSA) is 66.9 Å². The van der Waals surface area contributed by atoms with E-state index < -0.39 is 0 Å². The minimum atomic E-state index is -0.214. The summed E-state index contributed by atoms with van der Waals surface area (Å²) in [5.41, 5.74) is 4.50. The van der Waals surface area contributed by atoms with E-state index in [-0.39, 0.29) is 11.5 Å². The highest BCUT2D eigenvalue weighted by molar-refractivity contribution is 6.30. The number of halogens is 1. The van der Waals surface area contributed by atoms with Crippen LogP contribution in [0.4, 0.5) is 5.69 Å². The first-order valence-corrected chi connectivity index (χ1v) is 9.44. The van der Waals surface area contributed by atoms with E-state index in [2.05, 4.69) is 10.4 Å². The van der Waals surface area contributed by atoms with Crippen LogP contribution in [-0.2, 0) is 0 Å². The van der Waals surface area contributed by atoms with Gasteiger partial charge in [-0.15, -0.1) is 0 Å². The third-order valence-corrected chi connectivity index (χ3v) is 4.82. The van der Waals surface area contributed by atoms with Gasteiger partial charge in [-0.05, 0) is 61.0 Å². The predicted octanol–water partition coefficient (Wildman–Crippen LogP) is 5.05. The van der Waals surface area contributed by atoms with Crippen LogP contribution in [0.15, 0.2) is 83.7 Å². The minimum Gasteiger partial charge on any atom is -0.322 e. The number of carbonyl (C=O) groups excluding carboxylic acids is 1. The third-order valence-electron chi connectivity index (χ3n) is 4.57. The minimum absolute atomic E-state index is 0.135. The quantitative estimate of drug-likeness (QED) is 0.501. The van der Waals surface area contributed by atoms with E-state index in [1.165, 1.54) is 4.68 Å². The maximum atomic E-state index is 12.4. The van der Waals surface area contributed by atoms with E-state index in [1.54, 1.807) is 42.5 Å². The Hall–Kier alpha value is -3.57. The van der Waals surface area contributed by atoms with Crippen molar-refractivity contribution in [3.63, 3.8) is 0 Å². The molecule has 0 spiro atoms. The van der Waals surface area contributed by atoms with Gasteiger partial charge in [0.25, 0.3) is 11.5 Å². The SMILES string of the molecule is Cc1ccc(-n2[nH]c(-c3ccc(NC(=O)c4ccc(Cl)cc4)cc3)cc2=O)cc1. The normalized spacial score (nSPS) is 10.7. The number of H-pyrrole nitrogens is 1. The maximum absolute atomic E-state index is 12.4. The van der Waals surface area contributed by atoms with Gasteiger partial charge >= 0.3 is 0 Å². The number of amides is 1. The fourth-order valence-corrected chi connectivity index (χ4v) is 3.09. The Morgan fingerprint density at radius 1 is 0.931 bits per heavy atom. The highest BCUT2D eigenvalue weighted by atomic mass is 35.5. The molecule has 2 N–H and O–H groups in total. The van der Waals surface area contributed by atoms with Crippen LogP contribution < -0.4 is 10.9 Å². The lowest BCUT2D eigenvalue weighted by atomic mass is 10.1. The highest BCUT2D eigenvalue weighted by Crippen LogP contribution is 2.20. The zero-order chi connectivity index (χ0) is 20.4. The molecule has 4 aromatic rings. The lowest BCUT2D eigenvalue weighted by Crippen LogP contribution is -2.13. The fourth-order valence-electron chi connectivity index (χ4n) is 2.97. The summed E-state index contributed by atoms with van der Waals surface area (Å²) in [6, 6.07) is 23.2. The van der Waals surface area contributed by atoms with Crippen LogP contribution in [0.5, 0.6) is 0 Å². The van der Waals surface area contributed by atoms with Gasteiger partial charge in [0, 0.05) is 22.3 Å². The van der Waals surface area contributed by atoms with Crippen molar-refractivity contribution < 1.29 is 4.79 Å². The summed E-state index contributed by atoms with van der Waals surface area (Å²) in [6.45, 7) is 2.00. The molecule has 0 radical (unpaired) electrons. The molecule has 6 heteroatoms. The number of rotatable bonds is 4. The fraction of sp³-hybridized carbons (Fsp3) is 0.0435. The second kappa shape index (κ2) is 7.81. The lowest BCUT2D eigenvalue weighted by Gasteiger charge is -2.07. The highest BCUT2D eigenvalue weighted by Gasteiger charge is 2.09. The maximum Gasteiger partial charge on any atom is 0.271 e. The molecule has 0 aliphatic carbocycles. The lowest BCUT2D eigenvalue weighted by molar-refractivity contribution is 0.102. The van der Waals surface area contributed by atoms with E-state index >= 15 is 0 Å². The Balaban J connectivity index is 1.53. The van der Waals surface area contributed by atoms with Gasteiger partial charge < -0.3 is 5.32 Å². The molecule has 1 aromatic heterocycles. The molecule has 0 saturated heterocycles. The molecule has 0 atom stereocenters. The zero-order valence-corrected chi connectivity index (χ0v) is 16.4. The van der Waals surface area contributed by atoms with Crippen LogP contribution in [0.25, 0.3) is 16.9 Å². The molecule has 1 heterocycles. The first-order valence-electron chi connectivity index (χ1n) is 9.06. The molecular weight excluding hydrogens is 386 g/mol. The van der Waals surface area contributed by atoms with Crippen molar-refractivity contribution in [1.29, 1.82) is 0 Å². The van der Waals surface area contributed by atoms with Crippen LogP contribution in [-0.4, -0.2) is 15.7 Å². The summed E-state index contributed by atoms with van der Waals surface area (Å²) < 4.78 is 1.50. The van der Waals surface area contributed by atoms with E-state index in [0.29, 0.717) is 22.0 Å². The summed E-state index contributed by atoms with van der Waals surface area (Å²) in [5.74, 6) is -0.214. The molecule has 0 fully saturated rings. The number of aromatic amines is 1.